The lowest BCUT2D eigenvalue weighted by Crippen LogP contribution is -1.71. The van der Waals surface area contributed by atoms with E-state index < -0.39 is 0 Å². The van der Waals surface area contributed by atoms with Crippen LogP contribution in [0.5, 0.6) is 0 Å². The summed E-state index contributed by atoms with van der Waals surface area (Å²) in [6.07, 6.45) is 3.22. The third kappa shape index (κ3) is 5.19. The third-order valence-corrected chi connectivity index (χ3v) is 1.79. The van der Waals surface area contributed by atoms with Crippen LogP contribution in [0.4, 0.5) is 4.39 Å². The van der Waals surface area contributed by atoms with E-state index in [1.807, 2.05) is 6.26 Å². The van der Waals surface area contributed by atoms with Gasteiger partial charge < -0.3 is 0 Å². The van der Waals surface area contributed by atoms with Crippen LogP contribution in [0.2, 0.25) is 0 Å². The Labute approximate surface area is 78.2 Å². The van der Waals surface area contributed by atoms with Crippen molar-refractivity contribution >= 4 is 11.8 Å². The van der Waals surface area contributed by atoms with Crippen LogP contribution in [0.1, 0.15) is 20.3 Å². The van der Waals surface area contributed by atoms with Gasteiger partial charge in [0.1, 0.15) is 5.82 Å². The molecule has 0 spiro atoms. The van der Waals surface area contributed by atoms with Gasteiger partial charge >= 0.3 is 0 Å². The quantitative estimate of drug-likeness (QED) is 0.598. The van der Waals surface area contributed by atoms with E-state index in [0.29, 0.717) is 0 Å². The van der Waals surface area contributed by atoms with Crippen LogP contribution in [-0.2, 0) is 0 Å². The molecule has 0 atom stereocenters. The van der Waals surface area contributed by atoms with E-state index in [1.165, 1.54) is 18.6 Å². The van der Waals surface area contributed by atoms with E-state index in [4.69, 9.17) is 0 Å². The first-order valence-corrected chi connectivity index (χ1v) is 5.26. The van der Waals surface area contributed by atoms with Crippen molar-refractivity contribution in [3.05, 3.63) is 30.1 Å². The van der Waals surface area contributed by atoms with E-state index in [-0.39, 0.29) is 5.82 Å². The highest BCUT2D eigenvalue weighted by molar-refractivity contribution is 7.98. The summed E-state index contributed by atoms with van der Waals surface area (Å²) in [5, 5.41) is 0. The summed E-state index contributed by atoms with van der Waals surface area (Å²) in [6, 6.07) is 6.46. The highest BCUT2D eigenvalue weighted by Gasteiger charge is 1.88. The van der Waals surface area contributed by atoms with Crippen molar-refractivity contribution in [2.24, 2.45) is 0 Å². The van der Waals surface area contributed by atoms with Gasteiger partial charge in [-0.15, -0.1) is 11.8 Å². The minimum Gasteiger partial charge on any atom is -0.207 e. The smallest absolute Gasteiger partial charge is 0.123 e. The van der Waals surface area contributed by atoms with Crippen molar-refractivity contribution in [2.75, 3.05) is 6.26 Å². The Bertz CT molecular complexity index is 193. The molecule has 0 heterocycles. The Morgan fingerprint density at radius 2 is 1.58 bits per heavy atom. The molecule has 0 bridgehead atoms. The lowest BCUT2D eigenvalue weighted by molar-refractivity contribution is 0.626. The molecule has 1 aromatic carbocycles. The van der Waals surface area contributed by atoms with Crippen molar-refractivity contribution < 1.29 is 4.39 Å². The first kappa shape index (κ1) is 11.5. The second kappa shape index (κ2) is 7.17. The molecular weight excluding hydrogens is 171 g/mol. The van der Waals surface area contributed by atoms with E-state index in [9.17, 15) is 4.39 Å². The Kier molecular flexibility index (Phi) is 6.87. The minimum absolute atomic E-state index is 0.173. The molecule has 0 amide bonds. The van der Waals surface area contributed by atoms with Gasteiger partial charge in [-0.25, -0.2) is 4.39 Å². The first-order chi connectivity index (χ1) is 5.74. The molecule has 1 aromatic rings. The summed E-state index contributed by atoms with van der Waals surface area (Å²) in [5.41, 5.74) is 0. The summed E-state index contributed by atoms with van der Waals surface area (Å²) in [7, 11) is 0. The molecule has 68 valence electrons. The van der Waals surface area contributed by atoms with Crippen LogP contribution in [0.3, 0.4) is 0 Å². The molecule has 0 saturated carbocycles. The maximum absolute atomic E-state index is 12.2. The Morgan fingerprint density at radius 3 is 1.92 bits per heavy atom. The van der Waals surface area contributed by atoms with Gasteiger partial charge in [0.15, 0.2) is 0 Å². The highest BCUT2D eigenvalue weighted by atomic mass is 32.2. The SMILES string of the molecule is CCC.CSc1ccc(F)cc1. The Morgan fingerprint density at radius 1 is 1.17 bits per heavy atom. The van der Waals surface area contributed by atoms with Crippen molar-refractivity contribution in [2.45, 2.75) is 25.2 Å². The van der Waals surface area contributed by atoms with Crippen LogP contribution in [0.25, 0.3) is 0 Å². The maximum atomic E-state index is 12.2. The monoisotopic (exact) mass is 186 g/mol. The predicted molar refractivity (Wildman–Crippen MR) is 54.1 cm³/mol. The van der Waals surface area contributed by atoms with Crippen molar-refractivity contribution in [3.8, 4) is 0 Å². The van der Waals surface area contributed by atoms with E-state index in [1.54, 1.807) is 23.9 Å². The molecule has 12 heavy (non-hydrogen) atoms. The van der Waals surface area contributed by atoms with Crippen LogP contribution in [0, 0.1) is 5.82 Å². The fourth-order valence-electron chi connectivity index (χ4n) is 0.571. The number of halogens is 1. The van der Waals surface area contributed by atoms with Gasteiger partial charge in [-0.05, 0) is 30.5 Å². The zero-order valence-corrected chi connectivity index (χ0v) is 8.62. The largest absolute Gasteiger partial charge is 0.207 e. The summed E-state index contributed by atoms with van der Waals surface area (Å²) >= 11 is 1.61. The van der Waals surface area contributed by atoms with Gasteiger partial charge in [-0.1, -0.05) is 20.3 Å². The van der Waals surface area contributed by atoms with Crippen molar-refractivity contribution in [1.29, 1.82) is 0 Å². The predicted octanol–water partition coefficient (Wildman–Crippen LogP) is 3.96. The average Bonchev–Trinajstić information content (AvgIpc) is 2.07. The van der Waals surface area contributed by atoms with Crippen molar-refractivity contribution in [3.63, 3.8) is 0 Å². The summed E-state index contributed by atoms with van der Waals surface area (Å²) < 4.78 is 12.2. The molecule has 0 N–H and O–H groups in total. The van der Waals surface area contributed by atoms with Crippen molar-refractivity contribution in [1.82, 2.24) is 0 Å². The molecule has 0 radical (unpaired) electrons. The van der Waals surface area contributed by atoms with E-state index in [2.05, 4.69) is 13.8 Å². The minimum atomic E-state index is -0.173. The summed E-state index contributed by atoms with van der Waals surface area (Å²) in [6.45, 7) is 4.25. The second-order valence-electron chi connectivity index (χ2n) is 2.37. The summed E-state index contributed by atoms with van der Waals surface area (Å²) in [5.74, 6) is -0.173. The molecule has 0 aromatic heterocycles. The van der Waals surface area contributed by atoms with Gasteiger partial charge in [-0.3, -0.25) is 0 Å². The molecule has 0 saturated heterocycles. The van der Waals surface area contributed by atoms with Gasteiger partial charge in [-0.2, -0.15) is 0 Å². The standard InChI is InChI=1S/C7H7FS.C3H8/c1-9-7-4-2-6(8)3-5-7;1-3-2/h2-5H,1H3;3H2,1-2H3. The number of hydrogen-bond donors (Lipinski definition) is 0. The van der Waals surface area contributed by atoms with E-state index >= 15 is 0 Å². The van der Waals surface area contributed by atoms with Crippen LogP contribution >= 0.6 is 11.8 Å². The molecule has 0 aliphatic heterocycles. The molecule has 0 aliphatic carbocycles. The third-order valence-electron chi connectivity index (χ3n) is 1.05. The lowest BCUT2D eigenvalue weighted by atomic mass is 10.4. The van der Waals surface area contributed by atoms with Gasteiger partial charge in [0.05, 0.1) is 0 Å². The van der Waals surface area contributed by atoms with Gasteiger partial charge in [0.25, 0.3) is 0 Å². The molecule has 0 aliphatic rings. The van der Waals surface area contributed by atoms with Crippen LogP contribution < -0.4 is 0 Å². The summed E-state index contributed by atoms with van der Waals surface area (Å²) in [4.78, 5) is 1.09. The van der Waals surface area contributed by atoms with Gasteiger partial charge in [0.2, 0.25) is 0 Å². The number of hydrogen-bond acceptors (Lipinski definition) is 1. The first-order valence-electron chi connectivity index (χ1n) is 4.04. The van der Waals surface area contributed by atoms with Gasteiger partial charge in [0, 0.05) is 4.90 Å². The van der Waals surface area contributed by atoms with E-state index in [0.717, 1.165) is 4.90 Å². The maximum Gasteiger partial charge on any atom is 0.123 e. The average molecular weight is 186 g/mol. The fourth-order valence-corrected chi connectivity index (χ4v) is 0.979. The van der Waals surface area contributed by atoms with Crippen LogP contribution in [-0.4, -0.2) is 6.26 Å². The zero-order chi connectivity index (χ0) is 9.40. The molecule has 0 unspecified atom stereocenters. The molecule has 0 nitrogen and oxygen atoms in total. The second-order valence-corrected chi connectivity index (χ2v) is 3.24. The Hall–Kier alpha value is -0.500. The fraction of sp³-hybridized carbons (Fsp3) is 0.400. The highest BCUT2D eigenvalue weighted by Crippen LogP contribution is 2.13. The zero-order valence-electron chi connectivity index (χ0n) is 7.80. The Balaban J connectivity index is 0.000000354. The molecule has 1 rings (SSSR count). The molecular formula is C10H15FS. The number of thioether (sulfide) groups is 1. The molecule has 2 heteroatoms. The topological polar surface area (TPSA) is 0 Å². The van der Waals surface area contributed by atoms with Crippen LogP contribution in [0.15, 0.2) is 29.2 Å². The number of benzene rings is 1. The number of rotatable bonds is 1. The lowest BCUT2D eigenvalue weighted by Gasteiger charge is -1.91. The molecule has 0 fully saturated rings. The normalized spacial score (nSPS) is 8.67.